The summed E-state index contributed by atoms with van der Waals surface area (Å²) in [6, 6.07) is 0. The van der Waals surface area contributed by atoms with Gasteiger partial charge < -0.3 is 14.2 Å². The van der Waals surface area contributed by atoms with E-state index in [0.717, 1.165) is 70.6 Å². The number of unbranched alkanes of at least 4 members (excludes halogenated alkanes) is 49. The summed E-state index contributed by atoms with van der Waals surface area (Å²) in [6.45, 7) is 6.71. The third kappa shape index (κ3) is 66.3. The molecular weight excluding hydrogens is 973 g/mol. The Balaban J connectivity index is 4.29. The highest BCUT2D eigenvalue weighted by Gasteiger charge is 2.19. The van der Waals surface area contributed by atoms with Crippen molar-refractivity contribution in [2.75, 3.05) is 13.2 Å². The Kier molecular flexibility index (Phi) is 66.1. The molecule has 0 N–H and O–H groups in total. The number of hydrogen-bond acceptors (Lipinski definition) is 6. The first-order chi connectivity index (χ1) is 39.0. The molecule has 6 heteroatoms. The average Bonchev–Trinajstić information content (AvgIpc) is 3.45. The van der Waals surface area contributed by atoms with Crippen molar-refractivity contribution in [2.24, 2.45) is 0 Å². The summed E-state index contributed by atoms with van der Waals surface area (Å²) in [5, 5.41) is 0. The van der Waals surface area contributed by atoms with Crippen molar-refractivity contribution in [1.29, 1.82) is 0 Å². The maximum atomic E-state index is 13.0. The largest absolute Gasteiger partial charge is 0.462 e. The fourth-order valence-corrected chi connectivity index (χ4v) is 10.8. The smallest absolute Gasteiger partial charge is 0.306 e. The minimum atomic E-state index is -0.771. The van der Waals surface area contributed by atoms with Crippen molar-refractivity contribution < 1.29 is 28.6 Å². The second-order valence-corrected chi connectivity index (χ2v) is 24.2. The first kappa shape index (κ1) is 76.6. The Labute approximate surface area is 493 Å². The van der Waals surface area contributed by atoms with Crippen LogP contribution in [0.3, 0.4) is 0 Å². The highest BCUT2D eigenvalue weighted by Crippen LogP contribution is 2.19. The Bertz CT molecular complexity index is 1320. The molecule has 6 nitrogen and oxygen atoms in total. The van der Waals surface area contributed by atoms with Gasteiger partial charge in [0.05, 0.1) is 0 Å². The van der Waals surface area contributed by atoms with Crippen LogP contribution < -0.4 is 0 Å². The number of rotatable bonds is 66. The van der Waals surface area contributed by atoms with Crippen LogP contribution in [-0.2, 0) is 28.6 Å². The maximum absolute atomic E-state index is 13.0. The third-order valence-electron chi connectivity index (χ3n) is 16.1. The number of ether oxygens (including phenoxy) is 3. The number of allylic oxidation sites excluding steroid dienone is 6. The van der Waals surface area contributed by atoms with E-state index in [1.54, 1.807) is 0 Å². The molecule has 0 fully saturated rings. The van der Waals surface area contributed by atoms with Crippen LogP contribution in [0, 0.1) is 0 Å². The molecule has 0 aliphatic carbocycles. The number of carbonyl (C=O) groups is 3. The Morgan fingerprint density at radius 3 is 0.709 bits per heavy atom. The average molecular weight is 1110 g/mol. The predicted octanol–water partition coefficient (Wildman–Crippen LogP) is 24.3. The van der Waals surface area contributed by atoms with E-state index in [9.17, 15) is 14.4 Å². The van der Waals surface area contributed by atoms with Gasteiger partial charge >= 0.3 is 17.9 Å². The third-order valence-corrected chi connectivity index (χ3v) is 16.1. The first-order valence-corrected chi connectivity index (χ1v) is 35.5. The van der Waals surface area contributed by atoms with Crippen molar-refractivity contribution in [3.05, 3.63) is 36.5 Å². The number of esters is 3. The van der Waals surface area contributed by atoms with E-state index in [1.165, 1.54) is 283 Å². The topological polar surface area (TPSA) is 78.9 Å². The van der Waals surface area contributed by atoms with Gasteiger partial charge in [0.1, 0.15) is 13.2 Å². The molecule has 0 aliphatic rings. The molecule has 0 amide bonds. The van der Waals surface area contributed by atoms with E-state index in [0.29, 0.717) is 19.3 Å². The number of hydrogen-bond donors (Lipinski definition) is 0. The van der Waals surface area contributed by atoms with Crippen LogP contribution in [0.25, 0.3) is 0 Å². The van der Waals surface area contributed by atoms with Gasteiger partial charge in [-0.3, -0.25) is 14.4 Å². The van der Waals surface area contributed by atoms with Crippen LogP contribution in [-0.4, -0.2) is 37.2 Å². The molecule has 0 spiro atoms. The van der Waals surface area contributed by atoms with Crippen LogP contribution in [0.1, 0.15) is 393 Å². The molecule has 0 radical (unpaired) electrons. The Morgan fingerprint density at radius 2 is 0.456 bits per heavy atom. The predicted molar refractivity (Wildman–Crippen MR) is 344 cm³/mol. The molecule has 79 heavy (non-hydrogen) atoms. The van der Waals surface area contributed by atoms with Crippen molar-refractivity contribution in [1.82, 2.24) is 0 Å². The molecule has 0 aromatic carbocycles. The molecule has 1 unspecified atom stereocenters. The lowest BCUT2D eigenvalue weighted by atomic mass is 10.0. The fraction of sp³-hybridized carbons (Fsp3) is 0.877. The lowest BCUT2D eigenvalue weighted by Crippen LogP contribution is -2.30. The summed E-state index contributed by atoms with van der Waals surface area (Å²) in [5.74, 6) is -0.838. The first-order valence-electron chi connectivity index (χ1n) is 35.5. The van der Waals surface area contributed by atoms with Gasteiger partial charge in [0.15, 0.2) is 6.10 Å². The highest BCUT2D eigenvalue weighted by atomic mass is 16.6. The molecular formula is C73H136O6. The summed E-state index contributed by atoms with van der Waals surface area (Å²) < 4.78 is 17.0. The van der Waals surface area contributed by atoms with E-state index in [1.807, 2.05) is 0 Å². The molecule has 0 saturated carbocycles. The molecule has 464 valence electrons. The SMILES string of the molecule is CCCCCCC/C=C\C/C=C\C/C=C\CCCCCCCCCCCCC(=O)OCC(COC(=O)CCCCCCCCCCCCCCCCCC)OC(=O)CCCCCCCCCCCCCCCCCCCCCC. The van der Waals surface area contributed by atoms with Crippen molar-refractivity contribution in [3.8, 4) is 0 Å². The van der Waals surface area contributed by atoms with Crippen LogP contribution in [0.2, 0.25) is 0 Å². The summed E-state index contributed by atoms with van der Waals surface area (Å²) in [7, 11) is 0. The maximum Gasteiger partial charge on any atom is 0.306 e. The number of carbonyl (C=O) groups excluding carboxylic acids is 3. The molecule has 0 saturated heterocycles. The van der Waals surface area contributed by atoms with Gasteiger partial charge in [-0.2, -0.15) is 0 Å². The lowest BCUT2D eigenvalue weighted by Gasteiger charge is -2.18. The van der Waals surface area contributed by atoms with Gasteiger partial charge in [-0.25, -0.2) is 0 Å². The summed E-state index contributed by atoms with van der Waals surface area (Å²) in [4.78, 5) is 38.5. The molecule has 0 heterocycles. The van der Waals surface area contributed by atoms with E-state index >= 15 is 0 Å². The molecule has 0 aromatic rings. The molecule has 1 atom stereocenters. The lowest BCUT2D eigenvalue weighted by molar-refractivity contribution is -0.167. The van der Waals surface area contributed by atoms with Crippen molar-refractivity contribution >= 4 is 17.9 Å². The van der Waals surface area contributed by atoms with Gasteiger partial charge in [-0.15, -0.1) is 0 Å². The monoisotopic (exact) mass is 1110 g/mol. The fourth-order valence-electron chi connectivity index (χ4n) is 10.8. The van der Waals surface area contributed by atoms with Crippen molar-refractivity contribution in [2.45, 2.75) is 399 Å². The molecule has 0 rings (SSSR count). The quantitative estimate of drug-likeness (QED) is 0.0261. The Hall–Kier alpha value is -2.37. The minimum Gasteiger partial charge on any atom is -0.462 e. The second kappa shape index (κ2) is 68.1. The second-order valence-electron chi connectivity index (χ2n) is 24.2. The van der Waals surface area contributed by atoms with Gasteiger partial charge in [-0.1, -0.05) is 353 Å². The summed E-state index contributed by atoms with van der Waals surface area (Å²) >= 11 is 0. The zero-order valence-corrected chi connectivity index (χ0v) is 53.4. The van der Waals surface area contributed by atoms with Gasteiger partial charge in [-0.05, 0) is 57.8 Å². The van der Waals surface area contributed by atoms with E-state index in [-0.39, 0.29) is 31.1 Å². The van der Waals surface area contributed by atoms with E-state index in [4.69, 9.17) is 14.2 Å². The Morgan fingerprint density at radius 1 is 0.253 bits per heavy atom. The van der Waals surface area contributed by atoms with Gasteiger partial charge in [0.25, 0.3) is 0 Å². The van der Waals surface area contributed by atoms with E-state index in [2.05, 4.69) is 57.2 Å². The molecule has 0 aliphatic heterocycles. The zero-order chi connectivity index (χ0) is 57.1. The van der Waals surface area contributed by atoms with Crippen LogP contribution >= 0.6 is 0 Å². The highest BCUT2D eigenvalue weighted by molar-refractivity contribution is 5.71. The van der Waals surface area contributed by atoms with Crippen LogP contribution in [0.15, 0.2) is 36.5 Å². The van der Waals surface area contributed by atoms with Crippen LogP contribution in [0.4, 0.5) is 0 Å². The molecule has 0 aromatic heterocycles. The van der Waals surface area contributed by atoms with Gasteiger partial charge in [0.2, 0.25) is 0 Å². The zero-order valence-electron chi connectivity index (χ0n) is 53.4. The van der Waals surface area contributed by atoms with Crippen molar-refractivity contribution in [3.63, 3.8) is 0 Å². The van der Waals surface area contributed by atoms with Crippen LogP contribution in [0.5, 0.6) is 0 Å². The minimum absolute atomic E-state index is 0.0668. The van der Waals surface area contributed by atoms with E-state index < -0.39 is 6.10 Å². The summed E-state index contributed by atoms with van der Waals surface area (Å²) in [6.07, 6.45) is 84.5. The normalized spacial score (nSPS) is 12.2. The van der Waals surface area contributed by atoms with Gasteiger partial charge in [0, 0.05) is 19.3 Å². The standard InChI is InChI=1S/C73H136O6/c1-4-7-10-13-16-19-22-25-28-31-33-35-36-37-38-39-41-42-45-48-51-54-57-60-63-66-72(75)78-69-70(68-77-71(74)65-62-59-56-53-50-47-44-30-27-24-21-18-15-12-9-6-3)79-73(76)67-64-61-58-55-52-49-46-43-40-34-32-29-26-23-20-17-14-11-8-5-2/h22,25,31,33,36-37,70H,4-21,23-24,26-30,32,34-35,38-69H2,1-3H3/b25-22-,33-31-,37-36-. The summed E-state index contributed by atoms with van der Waals surface area (Å²) in [5.41, 5.74) is 0. The molecule has 0 bridgehead atoms.